The summed E-state index contributed by atoms with van der Waals surface area (Å²) in [6.45, 7) is 0. The van der Waals surface area contributed by atoms with Crippen molar-refractivity contribution in [2.75, 3.05) is 12.4 Å². The van der Waals surface area contributed by atoms with E-state index < -0.39 is 5.97 Å². The third-order valence-electron chi connectivity index (χ3n) is 1.95. The summed E-state index contributed by atoms with van der Waals surface area (Å²) in [6, 6.07) is 5.07. The largest absolute Gasteiger partial charge is 0.477 e. The lowest BCUT2D eigenvalue weighted by atomic mass is 10.3. The zero-order valence-electron chi connectivity index (χ0n) is 8.47. The molecule has 16 heavy (non-hydrogen) atoms. The Labute approximate surface area is 95.8 Å². The molecular weight excluding hydrogens is 226 g/mol. The number of carbonyl (C=O) groups is 1. The maximum absolute atomic E-state index is 10.7. The minimum absolute atomic E-state index is 0.305. The molecule has 0 spiro atoms. The van der Waals surface area contributed by atoms with E-state index in [2.05, 4.69) is 15.3 Å². The van der Waals surface area contributed by atoms with Crippen LogP contribution >= 0.6 is 11.3 Å². The number of thiophene rings is 1. The zero-order valence-corrected chi connectivity index (χ0v) is 9.28. The molecule has 0 radical (unpaired) electrons. The van der Waals surface area contributed by atoms with Gasteiger partial charge in [-0.05, 0) is 18.2 Å². The minimum atomic E-state index is -0.917. The number of carboxylic acid groups (broad SMARTS) is 1. The molecule has 2 aromatic rings. The molecule has 5 nitrogen and oxygen atoms in total. The first-order valence-corrected chi connectivity index (χ1v) is 5.36. The number of anilines is 1. The molecule has 0 aliphatic heterocycles. The zero-order chi connectivity index (χ0) is 11.5. The van der Waals surface area contributed by atoms with Crippen LogP contribution < -0.4 is 5.32 Å². The number of rotatable bonds is 3. The first-order valence-electron chi connectivity index (χ1n) is 4.55. The lowest BCUT2D eigenvalue weighted by Gasteiger charge is -1.99. The molecule has 2 aromatic heterocycles. The van der Waals surface area contributed by atoms with Crippen LogP contribution in [0.15, 0.2) is 24.4 Å². The summed E-state index contributed by atoms with van der Waals surface area (Å²) in [5.74, 6) is -0.401. The van der Waals surface area contributed by atoms with Gasteiger partial charge >= 0.3 is 5.97 Å². The Kier molecular flexibility index (Phi) is 2.82. The standard InChI is InChI=1S/C10H9N3O2S/c1-11-10-12-5-4-6(13-10)7-2-3-8(16-7)9(14)15/h2-5H,1H3,(H,14,15)(H,11,12,13). The van der Waals surface area contributed by atoms with Crippen molar-refractivity contribution in [3.8, 4) is 10.6 Å². The maximum Gasteiger partial charge on any atom is 0.345 e. The molecule has 0 saturated heterocycles. The van der Waals surface area contributed by atoms with Crippen LogP contribution in [0.2, 0.25) is 0 Å². The molecular formula is C10H9N3O2S. The number of hydrogen-bond donors (Lipinski definition) is 2. The predicted molar refractivity (Wildman–Crippen MR) is 61.9 cm³/mol. The Morgan fingerprint density at radius 3 is 2.88 bits per heavy atom. The average molecular weight is 235 g/mol. The molecule has 0 aliphatic rings. The Morgan fingerprint density at radius 1 is 1.44 bits per heavy atom. The second-order valence-electron chi connectivity index (χ2n) is 2.98. The molecule has 2 N–H and O–H groups in total. The van der Waals surface area contributed by atoms with Gasteiger partial charge in [0.25, 0.3) is 0 Å². The highest BCUT2D eigenvalue weighted by Gasteiger charge is 2.09. The van der Waals surface area contributed by atoms with Gasteiger partial charge in [-0.25, -0.2) is 14.8 Å². The third-order valence-corrected chi connectivity index (χ3v) is 3.04. The smallest absolute Gasteiger partial charge is 0.345 e. The van der Waals surface area contributed by atoms with Gasteiger partial charge in [0.05, 0.1) is 10.6 Å². The quantitative estimate of drug-likeness (QED) is 0.850. The molecule has 0 amide bonds. The third kappa shape index (κ3) is 2.01. The van der Waals surface area contributed by atoms with E-state index >= 15 is 0 Å². The minimum Gasteiger partial charge on any atom is -0.477 e. The fourth-order valence-corrected chi connectivity index (χ4v) is 2.02. The van der Waals surface area contributed by atoms with E-state index in [0.29, 0.717) is 10.8 Å². The Morgan fingerprint density at radius 2 is 2.25 bits per heavy atom. The van der Waals surface area contributed by atoms with Gasteiger partial charge in [-0.3, -0.25) is 0 Å². The number of nitrogens with zero attached hydrogens (tertiary/aromatic N) is 2. The van der Waals surface area contributed by atoms with Crippen molar-refractivity contribution in [3.63, 3.8) is 0 Å². The number of carboxylic acids is 1. The van der Waals surface area contributed by atoms with Gasteiger partial charge in [0.1, 0.15) is 4.88 Å². The molecule has 0 bridgehead atoms. The van der Waals surface area contributed by atoms with Crippen LogP contribution in [0, 0.1) is 0 Å². The summed E-state index contributed by atoms with van der Waals surface area (Å²) < 4.78 is 0. The Balaban J connectivity index is 2.38. The molecule has 2 rings (SSSR count). The van der Waals surface area contributed by atoms with Crippen LogP contribution in [0.4, 0.5) is 5.95 Å². The molecule has 2 heterocycles. The average Bonchev–Trinajstić information content (AvgIpc) is 2.78. The lowest BCUT2D eigenvalue weighted by Crippen LogP contribution is -1.95. The highest BCUT2D eigenvalue weighted by atomic mass is 32.1. The van der Waals surface area contributed by atoms with Crippen LogP contribution in [0.25, 0.3) is 10.6 Å². The predicted octanol–water partition coefficient (Wildman–Crippen LogP) is 1.95. The van der Waals surface area contributed by atoms with E-state index in [9.17, 15) is 4.79 Å². The van der Waals surface area contributed by atoms with Crippen molar-refractivity contribution in [2.24, 2.45) is 0 Å². The summed E-state index contributed by atoms with van der Waals surface area (Å²) in [7, 11) is 1.73. The van der Waals surface area contributed by atoms with Gasteiger partial charge in [0.2, 0.25) is 5.95 Å². The molecule has 6 heteroatoms. The lowest BCUT2D eigenvalue weighted by molar-refractivity contribution is 0.0702. The SMILES string of the molecule is CNc1nccc(-c2ccc(C(=O)O)s2)n1. The molecule has 0 aromatic carbocycles. The van der Waals surface area contributed by atoms with Crippen molar-refractivity contribution >= 4 is 23.3 Å². The Hall–Kier alpha value is -1.95. The van der Waals surface area contributed by atoms with Crippen molar-refractivity contribution in [1.82, 2.24) is 9.97 Å². The van der Waals surface area contributed by atoms with Crippen LogP contribution in [-0.2, 0) is 0 Å². The number of aromatic carboxylic acids is 1. The number of hydrogen-bond acceptors (Lipinski definition) is 5. The second kappa shape index (κ2) is 4.28. The highest BCUT2D eigenvalue weighted by Crippen LogP contribution is 2.26. The van der Waals surface area contributed by atoms with E-state index in [0.717, 1.165) is 10.6 Å². The van der Waals surface area contributed by atoms with Crippen LogP contribution in [0.5, 0.6) is 0 Å². The normalized spacial score (nSPS) is 10.1. The molecule has 0 fully saturated rings. The molecule has 0 aliphatic carbocycles. The van der Waals surface area contributed by atoms with Gasteiger partial charge in [0.15, 0.2) is 0 Å². The van der Waals surface area contributed by atoms with Crippen molar-refractivity contribution in [2.45, 2.75) is 0 Å². The van der Waals surface area contributed by atoms with E-state index in [1.807, 2.05) is 0 Å². The molecule has 0 saturated carbocycles. The fraction of sp³-hybridized carbons (Fsp3) is 0.100. The van der Waals surface area contributed by atoms with Crippen molar-refractivity contribution in [3.05, 3.63) is 29.3 Å². The summed E-state index contributed by atoms with van der Waals surface area (Å²) in [5.41, 5.74) is 0.719. The fourth-order valence-electron chi connectivity index (χ4n) is 1.21. The summed E-state index contributed by atoms with van der Waals surface area (Å²) in [5, 5.41) is 11.6. The van der Waals surface area contributed by atoms with Crippen molar-refractivity contribution in [1.29, 1.82) is 0 Å². The van der Waals surface area contributed by atoms with Gasteiger partial charge in [-0.1, -0.05) is 0 Å². The molecule has 0 unspecified atom stereocenters. The van der Waals surface area contributed by atoms with Gasteiger partial charge < -0.3 is 10.4 Å². The van der Waals surface area contributed by atoms with E-state index in [1.54, 1.807) is 31.4 Å². The van der Waals surface area contributed by atoms with Crippen LogP contribution in [-0.4, -0.2) is 28.1 Å². The molecule has 0 atom stereocenters. The van der Waals surface area contributed by atoms with Gasteiger partial charge in [0, 0.05) is 13.2 Å². The summed E-state index contributed by atoms with van der Waals surface area (Å²) >= 11 is 1.20. The first-order chi connectivity index (χ1) is 7.70. The topological polar surface area (TPSA) is 75.1 Å². The summed E-state index contributed by atoms with van der Waals surface area (Å²) in [4.78, 5) is 20.1. The van der Waals surface area contributed by atoms with Crippen molar-refractivity contribution < 1.29 is 9.90 Å². The van der Waals surface area contributed by atoms with E-state index in [1.165, 1.54) is 11.3 Å². The van der Waals surface area contributed by atoms with E-state index in [4.69, 9.17) is 5.11 Å². The monoisotopic (exact) mass is 235 g/mol. The van der Waals surface area contributed by atoms with Gasteiger partial charge in [-0.15, -0.1) is 11.3 Å². The highest BCUT2D eigenvalue weighted by molar-refractivity contribution is 7.17. The van der Waals surface area contributed by atoms with Crippen LogP contribution in [0.1, 0.15) is 9.67 Å². The number of nitrogens with one attached hydrogen (secondary N) is 1. The number of aromatic nitrogens is 2. The van der Waals surface area contributed by atoms with Gasteiger partial charge in [-0.2, -0.15) is 0 Å². The maximum atomic E-state index is 10.7. The Bertz CT molecular complexity index is 524. The molecule has 82 valence electrons. The summed E-state index contributed by atoms with van der Waals surface area (Å²) in [6.07, 6.45) is 1.63. The van der Waals surface area contributed by atoms with E-state index in [-0.39, 0.29) is 0 Å². The van der Waals surface area contributed by atoms with Crippen LogP contribution in [0.3, 0.4) is 0 Å². The second-order valence-corrected chi connectivity index (χ2v) is 4.07. The first kappa shape index (κ1) is 10.6.